The normalized spacial score (nSPS) is 23.1. The standard InChI is InChI=1S/C14H17Cl2NO3/c1-2-14(13(19)20)4-3-5-17(14)8-9-6-10(15)7-11(16)12(9)18/h6-7,18H,2-5,8H2,1H3,(H,19,20). The molecule has 0 aromatic heterocycles. The van der Waals surface area contributed by atoms with Gasteiger partial charge in [-0.1, -0.05) is 30.1 Å². The van der Waals surface area contributed by atoms with Gasteiger partial charge in [0.1, 0.15) is 11.3 Å². The quantitative estimate of drug-likeness (QED) is 0.891. The fraction of sp³-hybridized carbons (Fsp3) is 0.500. The smallest absolute Gasteiger partial charge is 0.324 e. The molecular weight excluding hydrogens is 301 g/mol. The second-order valence-electron chi connectivity index (χ2n) is 5.11. The van der Waals surface area contributed by atoms with Crippen LogP contribution in [-0.4, -0.2) is 33.2 Å². The first-order valence-electron chi connectivity index (χ1n) is 6.56. The lowest BCUT2D eigenvalue weighted by molar-refractivity contribution is -0.150. The van der Waals surface area contributed by atoms with Crippen LogP contribution in [0.4, 0.5) is 0 Å². The molecule has 1 aromatic rings. The van der Waals surface area contributed by atoms with E-state index in [0.29, 0.717) is 36.5 Å². The number of nitrogens with zero attached hydrogens (tertiary/aromatic N) is 1. The summed E-state index contributed by atoms with van der Waals surface area (Å²) in [6.07, 6.45) is 1.97. The molecule has 1 atom stereocenters. The lowest BCUT2D eigenvalue weighted by atomic mass is 9.92. The van der Waals surface area contributed by atoms with Crippen molar-refractivity contribution in [2.45, 2.75) is 38.3 Å². The van der Waals surface area contributed by atoms with Crippen molar-refractivity contribution in [3.63, 3.8) is 0 Å². The van der Waals surface area contributed by atoms with Crippen LogP contribution in [0, 0.1) is 0 Å². The highest BCUT2D eigenvalue weighted by molar-refractivity contribution is 6.35. The zero-order chi connectivity index (χ0) is 14.9. The fourth-order valence-electron chi connectivity index (χ4n) is 2.90. The Labute approximate surface area is 127 Å². The Morgan fingerprint density at radius 1 is 1.45 bits per heavy atom. The summed E-state index contributed by atoms with van der Waals surface area (Å²) in [5.74, 6) is -0.844. The molecule has 0 amide bonds. The fourth-order valence-corrected chi connectivity index (χ4v) is 3.44. The predicted molar refractivity (Wildman–Crippen MR) is 78.4 cm³/mol. The van der Waals surface area contributed by atoms with Gasteiger partial charge in [0.05, 0.1) is 5.02 Å². The van der Waals surface area contributed by atoms with Crippen LogP contribution < -0.4 is 0 Å². The molecule has 1 saturated heterocycles. The number of aromatic hydroxyl groups is 1. The summed E-state index contributed by atoms with van der Waals surface area (Å²) >= 11 is 11.8. The van der Waals surface area contributed by atoms with Crippen molar-refractivity contribution in [3.05, 3.63) is 27.7 Å². The van der Waals surface area contributed by atoms with Crippen LogP contribution in [0.5, 0.6) is 5.75 Å². The van der Waals surface area contributed by atoms with E-state index in [4.69, 9.17) is 23.2 Å². The summed E-state index contributed by atoms with van der Waals surface area (Å²) in [6, 6.07) is 3.10. The van der Waals surface area contributed by atoms with Gasteiger partial charge < -0.3 is 10.2 Å². The largest absolute Gasteiger partial charge is 0.506 e. The summed E-state index contributed by atoms with van der Waals surface area (Å²) < 4.78 is 0. The molecule has 1 fully saturated rings. The number of aliphatic carboxylic acids is 1. The number of carboxylic acid groups (broad SMARTS) is 1. The molecule has 4 nitrogen and oxygen atoms in total. The van der Waals surface area contributed by atoms with E-state index in [0.717, 1.165) is 6.42 Å². The zero-order valence-electron chi connectivity index (χ0n) is 11.2. The predicted octanol–water partition coefficient (Wildman–Crippen LogP) is 3.53. The van der Waals surface area contributed by atoms with E-state index in [-0.39, 0.29) is 10.8 Å². The first-order chi connectivity index (χ1) is 9.40. The maximum atomic E-state index is 11.6. The maximum Gasteiger partial charge on any atom is 0.324 e. The Kier molecular flexibility index (Phi) is 4.47. The molecule has 0 bridgehead atoms. The Morgan fingerprint density at radius 3 is 2.75 bits per heavy atom. The van der Waals surface area contributed by atoms with Crippen molar-refractivity contribution >= 4 is 29.2 Å². The van der Waals surface area contributed by atoms with Gasteiger partial charge in [-0.3, -0.25) is 9.69 Å². The second-order valence-corrected chi connectivity index (χ2v) is 5.95. The number of carbonyl (C=O) groups is 1. The Bertz CT molecular complexity index is 535. The lowest BCUT2D eigenvalue weighted by Gasteiger charge is -2.34. The van der Waals surface area contributed by atoms with E-state index in [1.807, 2.05) is 11.8 Å². The van der Waals surface area contributed by atoms with Gasteiger partial charge in [-0.2, -0.15) is 0 Å². The third-order valence-corrected chi connectivity index (χ3v) is 4.58. The molecule has 1 aliphatic heterocycles. The van der Waals surface area contributed by atoms with Crippen molar-refractivity contribution < 1.29 is 15.0 Å². The van der Waals surface area contributed by atoms with E-state index in [9.17, 15) is 15.0 Å². The van der Waals surface area contributed by atoms with E-state index in [1.165, 1.54) is 6.07 Å². The van der Waals surface area contributed by atoms with Gasteiger partial charge in [0.2, 0.25) is 0 Å². The highest BCUT2D eigenvalue weighted by Gasteiger charge is 2.46. The molecule has 1 unspecified atom stereocenters. The van der Waals surface area contributed by atoms with Gasteiger partial charge in [0, 0.05) is 17.1 Å². The SMILES string of the molecule is CCC1(C(=O)O)CCCN1Cc1cc(Cl)cc(Cl)c1O. The summed E-state index contributed by atoms with van der Waals surface area (Å²) in [5, 5.41) is 20.1. The van der Waals surface area contributed by atoms with Crippen molar-refractivity contribution in [2.24, 2.45) is 0 Å². The minimum atomic E-state index is -0.860. The van der Waals surface area contributed by atoms with Gasteiger partial charge in [-0.05, 0) is 37.9 Å². The minimum Gasteiger partial charge on any atom is -0.506 e. The Balaban J connectivity index is 2.32. The van der Waals surface area contributed by atoms with Crippen molar-refractivity contribution in [2.75, 3.05) is 6.54 Å². The summed E-state index contributed by atoms with van der Waals surface area (Å²) in [6.45, 7) is 2.88. The summed E-state index contributed by atoms with van der Waals surface area (Å²) in [4.78, 5) is 13.5. The zero-order valence-corrected chi connectivity index (χ0v) is 12.7. The van der Waals surface area contributed by atoms with E-state index < -0.39 is 11.5 Å². The molecule has 0 saturated carbocycles. The lowest BCUT2D eigenvalue weighted by Crippen LogP contribution is -2.49. The number of benzene rings is 1. The van der Waals surface area contributed by atoms with Crippen LogP contribution in [0.25, 0.3) is 0 Å². The molecule has 0 spiro atoms. The maximum absolute atomic E-state index is 11.6. The number of carboxylic acids is 1. The molecule has 20 heavy (non-hydrogen) atoms. The average Bonchev–Trinajstić information content (AvgIpc) is 2.79. The number of hydrogen-bond acceptors (Lipinski definition) is 3. The van der Waals surface area contributed by atoms with Crippen LogP contribution in [0.3, 0.4) is 0 Å². The van der Waals surface area contributed by atoms with Gasteiger partial charge >= 0.3 is 5.97 Å². The van der Waals surface area contributed by atoms with Crippen molar-refractivity contribution in [3.8, 4) is 5.75 Å². The van der Waals surface area contributed by atoms with Crippen molar-refractivity contribution in [1.29, 1.82) is 0 Å². The molecular formula is C14H17Cl2NO3. The van der Waals surface area contributed by atoms with Crippen LogP contribution in [0.15, 0.2) is 12.1 Å². The number of phenolic OH excluding ortho intramolecular Hbond substituents is 1. The van der Waals surface area contributed by atoms with Gasteiger partial charge in [0.15, 0.2) is 0 Å². The summed E-state index contributed by atoms with van der Waals surface area (Å²) in [5.41, 5.74) is -0.301. The molecule has 6 heteroatoms. The summed E-state index contributed by atoms with van der Waals surface area (Å²) in [7, 11) is 0. The number of phenols is 1. The number of rotatable bonds is 4. The Morgan fingerprint density at radius 2 is 2.15 bits per heavy atom. The molecule has 110 valence electrons. The van der Waals surface area contributed by atoms with E-state index >= 15 is 0 Å². The molecule has 2 rings (SSSR count). The van der Waals surface area contributed by atoms with E-state index in [2.05, 4.69) is 0 Å². The van der Waals surface area contributed by atoms with Crippen LogP contribution in [0.1, 0.15) is 31.7 Å². The number of halogens is 2. The van der Waals surface area contributed by atoms with Crippen LogP contribution in [0.2, 0.25) is 10.0 Å². The monoisotopic (exact) mass is 317 g/mol. The topological polar surface area (TPSA) is 60.8 Å². The molecule has 0 aliphatic carbocycles. The highest BCUT2D eigenvalue weighted by atomic mass is 35.5. The van der Waals surface area contributed by atoms with Crippen LogP contribution >= 0.6 is 23.2 Å². The van der Waals surface area contributed by atoms with Crippen molar-refractivity contribution in [1.82, 2.24) is 4.90 Å². The van der Waals surface area contributed by atoms with Crippen LogP contribution in [-0.2, 0) is 11.3 Å². The Hall–Kier alpha value is -0.970. The first kappa shape index (κ1) is 15.4. The molecule has 0 radical (unpaired) electrons. The first-order valence-corrected chi connectivity index (χ1v) is 7.31. The third-order valence-electron chi connectivity index (χ3n) is 4.08. The average molecular weight is 318 g/mol. The number of likely N-dealkylation sites (tertiary alicyclic amines) is 1. The van der Waals surface area contributed by atoms with Gasteiger partial charge in [-0.25, -0.2) is 0 Å². The molecule has 1 heterocycles. The van der Waals surface area contributed by atoms with Gasteiger partial charge in [0.25, 0.3) is 0 Å². The third kappa shape index (κ3) is 2.60. The molecule has 1 aromatic carbocycles. The number of hydrogen-bond donors (Lipinski definition) is 2. The van der Waals surface area contributed by atoms with E-state index in [1.54, 1.807) is 6.07 Å². The minimum absolute atomic E-state index is 0.0293. The van der Waals surface area contributed by atoms with Gasteiger partial charge in [-0.15, -0.1) is 0 Å². The molecule has 1 aliphatic rings. The highest BCUT2D eigenvalue weighted by Crippen LogP contribution is 2.37. The second kappa shape index (κ2) is 5.80. The molecule has 2 N–H and O–H groups in total.